The van der Waals surface area contributed by atoms with Gasteiger partial charge in [-0.2, -0.15) is 4.31 Å². The monoisotopic (exact) mass is 430 g/mol. The summed E-state index contributed by atoms with van der Waals surface area (Å²) in [4.78, 5) is 36.2. The van der Waals surface area contributed by atoms with Crippen LogP contribution >= 0.6 is 0 Å². The molecule has 0 unspecified atom stereocenters. The van der Waals surface area contributed by atoms with Gasteiger partial charge in [0.05, 0.1) is 11.3 Å². The number of benzene rings is 2. The van der Waals surface area contributed by atoms with E-state index in [0.717, 1.165) is 4.31 Å². The number of rotatable bonds is 6. The Morgan fingerprint density at radius 3 is 2.40 bits per heavy atom. The molecule has 0 aliphatic carbocycles. The van der Waals surface area contributed by atoms with Crippen molar-refractivity contribution in [3.8, 4) is 0 Å². The Hall–Kier alpha value is -3.24. The highest BCUT2D eigenvalue weighted by Crippen LogP contribution is 2.22. The molecule has 2 aromatic rings. The molecule has 3 N–H and O–H groups in total. The topological polar surface area (TPSA) is 125 Å². The summed E-state index contributed by atoms with van der Waals surface area (Å²) in [5.41, 5.74) is 0.920. The van der Waals surface area contributed by atoms with Crippen LogP contribution in [0, 0.1) is 0 Å². The molecule has 3 amide bonds. The van der Waals surface area contributed by atoms with Crippen LogP contribution in [0.1, 0.15) is 13.3 Å². The molecule has 1 fully saturated rings. The molecule has 0 aromatic heterocycles. The van der Waals surface area contributed by atoms with Crippen molar-refractivity contribution < 1.29 is 22.8 Å². The molecule has 158 valence electrons. The van der Waals surface area contributed by atoms with Gasteiger partial charge in [-0.3, -0.25) is 14.4 Å². The van der Waals surface area contributed by atoms with Crippen LogP contribution in [0.4, 0.5) is 11.4 Å². The van der Waals surface area contributed by atoms with Gasteiger partial charge in [0.2, 0.25) is 27.7 Å². The zero-order chi connectivity index (χ0) is 21.7. The van der Waals surface area contributed by atoms with Crippen molar-refractivity contribution >= 4 is 39.1 Å². The highest BCUT2D eigenvalue weighted by Gasteiger charge is 2.39. The van der Waals surface area contributed by atoms with Crippen LogP contribution in [0.3, 0.4) is 0 Å². The third kappa shape index (κ3) is 5.02. The van der Waals surface area contributed by atoms with Crippen LogP contribution < -0.4 is 16.0 Å². The van der Waals surface area contributed by atoms with Crippen LogP contribution in [-0.4, -0.2) is 49.6 Å². The Labute approximate surface area is 174 Å². The van der Waals surface area contributed by atoms with Crippen LogP contribution in [0.15, 0.2) is 59.5 Å². The van der Waals surface area contributed by atoms with E-state index in [-0.39, 0.29) is 30.3 Å². The van der Waals surface area contributed by atoms with Gasteiger partial charge in [-0.15, -0.1) is 0 Å². The van der Waals surface area contributed by atoms with Crippen molar-refractivity contribution in [1.82, 2.24) is 9.62 Å². The molecular formula is C20H22N4O5S. The van der Waals surface area contributed by atoms with E-state index < -0.39 is 27.9 Å². The average Bonchev–Trinajstić information content (AvgIpc) is 2.70. The molecule has 1 aliphatic heterocycles. The molecule has 0 bridgehead atoms. The summed E-state index contributed by atoms with van der Waals surface area (Å²) in [6.45, 7) is 1.61. The number of piperazine rings is 1. The fourth-order valence-electron chi connectivity index (χ4n) is 3.17. The van der Waals surface area contributed by atoms with E-state index in [9.17, 15) is 22.8 Å². The SMILES string of the molecule is CC(=O)Nc1cccc(NC(=O)C[C@@H]2C(=O)NCCN2S(=O)(=O)c2ccccc2)c1. The number of sulfonamides is 1. The summed E-state index contributed by atoms with van der Waals surface area (Å²) in [5.74, 6) is -1.30. The zero-order valence-electron chi connectivity index (χ0n) is 16.3. The van der Waals surface area contributed by atoms with Crippen molar-refractivity contribution in [3.63, 3.8) is 0 Å². The Morgan fingerprint density at radius 1 is 1.07 bits per heavy atom. The van der Waals surface area contributed by atoms with Gasteiger partial charge in [-0.1, -0.05) is 24.3 Å². The summed E-state index contributed by atoms with van der Waals surface area (Å²) in [5, 5.41) is 7.87. The first kappa shape index (κ1) is 21.5. The second kappa shape index (κ2) is 9.06. The van der Waals surface area contributed by atoms with Gasteiger partial charge in [0, 0.05) is 31.4 Å². The fraction of sp³-hybridized carbons (Fsp3) is 0.250. The molecule has 0 radical (unpaired) electrons. The number of nitrogens with one attached hydrogen (secondary N) is 3. The Bertz CT molecular complexity index is 1060. The largest absolute Gasteiger partial charge is 0.353 e. The molecule has 1 aliphatic rings. The summed E-state index contributed by atoms with van der Waals surface area (Å²) in [6.07, 6.45) is -0.345. The van der Waals surface area contributed by atoms with Gasteiger partial charge >= 0.3 is 0 Å². The van der Waals surface area contributed by atoms with Crippen molar-refractivity contribution in [3.05, 3.63) is 54.6 Å². The van der Waals surface area contributed by atoms with E-state index in [2.05, 4.69) is 16.0 Å². The average molecular weight is 430 g/mol. The number of hydrogen-bond acceptors (Lipinski definition) is 5. The molecule has 10 heteroatoms. The van der Waals surface area contributed by atoms with Crippen molar-refractivity contribution in [2.75, 3.05) is 23.7 Å². The van der Waals surface area contributed by atoms with Crippen molar-refractivity contribution in [2.24, 2.45) is 0 Å². The third-order valence-electron chi connectivity index (χ3n) is 4.48. The molecule has 1 atom stereocenters. The maximum atomic E-state index is 13.0. The van der Waals surface area contributed by atoms with Gasteiger partial charge in [-0.25, -0.2) is 8.42 Å². The minimum Gasteiger partial charge on any atom is -0.353 e. The number of anilines is 2. The summed E-state index contributed by atoms with van der Waals surface area (Å²) >= 11 is 0. The Morgan fingerprint density at radius 2 is 1.73 bits per heavy atom. The number of carbonyl (C=O) groups excluding carboxylic acids is 3. The van der Waals surface area contributed by atoms with Crippen LogP contribution in [0.25, 0.3) is 0 Å². The molecule has 9 nitrogen and oxygen atoms in total. The van der Waals surface area contributed by atoms with Crippen LogP contribution in [0.2, 0.25) is 0 Å². The minimum atomic E-state index is -3.94. The predicted molar refractivity (Wildman–Crippen MR) is 111 cm³/mol. The van der Waals surface area contributed by atoms with Crippen molar-refractivity contribution in [2.45, 2.75) is 24.3 Å². The number of amides is 3. The Balaban J connectivity index is 1.76. The maximum Gasteiger partial charge on any atom is 0.243 e. The van der Waals surface area contributed by atoms with Gasteiger partial charge in [0.1, 0.15) is 6.04 Å². The van der Waals surface area contributed by atoms with E-state index in [1.165, 1.54) is 19.1 Å². The third-order valence-corrected chi connectivity index (χ3v) is 6.40. The predicted octanol–water partition coefficient (Wildman–Crippen LogP) is 1.16. The molecule has 2 aromatic carbocycles. The lowest BCUT2D eigenvalue weighted by Gasteiger charge is -2.33. The molecule has 30 heavy (non-hydrogen) atoms. The van der Waals surface area contributed by atoms with E-state index in [1.807, 2.05) is 0 Å². The number of nitrogens with zero attached hydrogens (tertiary/aromatic N) is 1. The standard InChI is InChI=1S/C20H22N4O5S/c1-14(25)22-15-6-5-7-16(12-15)23-19(26)13-18-20(27)21-10-11-24(18)30(28,29)17-8-3-2-4-9-17/h2-9,12,18H,10-11,13H2,1H3,(H,21,27)(H,22,25)(H,23,26)/t18-/m1/s1. The van der Waals surface area contributed by atoms with Gasteiger partial charge in [0.15, 0.2) is 0 Å². The lowest BCUT2D eigenvalue weighted by atomic mass is 10.1. The fourth-order valence-corrected chi connectivity index (χ4v) is 4.78. The first-order chi connectivity index (χ1) is 14.3. The molecule has 3 rings (SSSR count). The van der Waals surface area contributed by atoms with E-state index in [4.69, 9.17) is 0 Å². The molecule has 0 spiro atoms. The highest BCUT2D eigenvalue weighted by atomic mass is 32.2. The first-order valence-corrected chi connectivity index (χ1v) is 10.7. The maximum absolute atomic E-state index is 13.0. The molecular weight excluding hydrogens is 408 g/mol. The number of hydrogen-bond donors (Lipinski definition) is 3. The van der Waals surface area contributed by atoms with Crippen LogP contribution in [0.5, 0.6) is 0 Å². The summed E-state index contributed by atoms with van der Waals surface area (Å²) in [6, 6.07) is 13.1. The lowest BCUT2D eigenvalue weighted by Crippen LogP contribution is -2.57. The molecule has 1 saturated heterocycles. The second-order valence-corrected chi connectivity index (χ2v) is 8.64. The van der Waals surface area contributed by atoms with E-state index in [1.54, 1.807) is 42.5 Å². The summed E-state index contributed by atoms with van der Waals surface area (Å²) in [7, 11) is -3.94. The Kier molecular flexibility index (Phi) is 6.48. The van der Waals surface area contributed by atoms with Gasteiger partial charge in [-0.05, 0) is 30.3 Å². The molecule has 0 saturated carbocycles. The number of carbonyl (C=O) groups is 3. The first-order valence-electron chi connectivity index (χ1n) is 9.29. The van der Waals surface area contributed by atoms with Gasteiger partial charge in [0.25, 0.3) is 0 Å². The highest BCUT2D eigenvalue weighted by molar-refractivity contribution is 7.89. The second-order valence-electron chi connectivity index (χ2n) is 6.75. The lowest BCUT2D eigenvalue weighted by molar-refractivity contribution is -0.130. The van der Waals surface area contributed by atoms with E-state index in [0.29, 0.717) is 11.4 Å². The van der Waals surface area contributed by atoms with Crippen molar-refractivity contribution in [1.29, 1.82) is 0 Å². The normalized spacial score (nSPS) is 17.1. The van der Waals surface area contributed by atoms with E-state index >= 15 is 0 Å². The van der Waals surface area contributed by atoms with Gasteiger partial charge < -0.3 is 16.0 Å². The van der Waals surface area contributed by atoms with Crippen LogP contribution in [-0.2, 0) is 24.4 Å². The summed E-state index contributed by atoms with van der Waals surface area (Å²) < 4.78 is 27.1. The zero-order valence-corrected chi connectivity index (χ0v) is 17.1. The quantitative estimate of drug-likeness (QED) is 0.634. The smallest absolute Gasteiger partial charge is 0.243 e. The minimum absolute atomic E-state index is 0.0631. The molecule has 1 heterocycles.